The fourth-order valence-electron chi connectivity index (χ4n) is 5.17. The lowest BCUT2D eigenvalue weighted by atomic mass is 9.95. The molecule has 4 nitrogen and oxygen atoms in total. The molecule has 1 aliphatic rings. The Morgan fingerprint density at radius 2 is 1.71 bits per heavy atom. The van der Waals surface area contributed by atoms with Crippen molar-refractivity contribution < 1.29 is 9.18 Å². The van der Waals surface area contributed by atoms with Gasteiger partial charge in [0.05, 0.1) is 5.56 Å². The van der Waals surface area contributed by atoms with Crippen LogP contribution in [0.1, 0.15) is 50.3 Å². The fourth-order valence-corrected chi connectivity index (χ4v) is 6.40. The summed E-state index contributed by atoms with van der Waals surface area (Å²) in [6.07, 6.45) is 8.15. The van der Waals surface area contributed by atoms with E-state index in [9.17, 15) is 9.18 Å². The molecule has 0 spiro atoms. The van der Waals surface area contributed by atoms with Crippen molar-refractivity contribution in [3.8, 4) is 0 Å². The number of aliphatic imine (C=N–C) groups is 1. The van der Waals surface area contributed by atoms with Gasteiger partial charge in [0, 0.05) is 46.8 Å². The molecule has 5 aromatic rings. The van der Waals surface area contributed by atoms with Crippen molar-refractivity contribution in [2.75, 3.05) is 0 Å². The van der Waals surface area contributed by atoms with Gasteiger partial charge < -0.3 is 9.88 Å². The van der Waals surface area contributed by atoms with Gasteiger partial charge in [0.25, 0.3) is 5.91 Å². The first-order valence-electron chi connectivity index (χ1n) is 13.0. The molecule has 2 heterocycles. The number of carbonyl (C=O) groups excluding carboxylic acids is 1. The molecule has 190 valence electrons. The minimum absolute atomic E-state index is 0.0564. The second-order valence-corrected chi connectivity index (χ2v) is 10.8. The molecule has 6 rings (SSSR count). The molecule has 0 saturated heterocycles. The Balaban J connectivity index is 1.32. The maximum absolute atomic E-state index is 13.4. The number of amides is 1. The zero-order chi connectivity index (χ0) is 25.9. The molecule has 0 atom stereocenters. The number of rotatable bonds is 7. The third-order valence-corrected chi connectivity index (χ3v) is 8.28. The van der Waals surface area contributed by atoms with E-state index >= 15 is 0 Å². The van der Waals surface area contributed by atoms with Crippen LogP contribution in [0, 0.1) is 5.82 Å². The number of nitrogens with one attached hydrogen (secondary N) is 1. The van der Waals surface area contributed by atoms with Crippen molar-refractivity contribution in [3.05, 3.63) is 124 Å². The van der Waals surface area contributed by atoms with E-state index in [1.54, 1.807) is 11.3 Å². The van der Waals surface area contributed by atoms with E-state index in [0.29, 0.717) is 13.1 Å². The van der Waals surface area contributed by atoms with Gasteiger partial charge in [-0.05, 0) is 60.6 Å². The van der Waals surface area contributed by atoms with Crippen molar-refractivity contribution in [1.82, 2.24) is 9.88 Å². The van der Waals surface area contributed by atoms with Crippen LogP contribution in [0.15, 0.2) is 90.1 Å². The van der Waals surface area contributed by atoms with Crippen molar-refractivity contribution in [3.63, 3.8) is 0 Å². The molecular weight excluding hydrogens is 493 g/mol. The zero-order valence-corrected chi connectivity index (χ0v) is 21.8. The van der Waals surface area contributed by atoms with Crippen LogP contribution in [0.25, 0.3) is 10.9 Å². The van der Waals surface area contributed by atoms with Crippen LogP contribution in [0.4, 0.5) is 9.39 Å². The maximum Gasteiger partial charge on any atom is 0.254 e. The highest BCUT2D eigenvalue weighted by Crippen LogP contribution is 2.40. The number of thiophene rings is 1. The molecule has 0 saturated carbocycles. The predicted octanol–water partition coefficient (Wildman–Crippen LogP) is 7.45. The molecule has 3 aromatic carbocycles. The highest BCUT2D eigenvalue weighted by atomic mass is 32.1. The number of nitrogens with zero attached hydrogens (tertiary/aromatic N) is 2. The van der Waals surface area contributed by atoms with Crippen LogP contribution in [0.5, 0.6) is 0 Å². The molecule has 0 radical (unpaired) electrons. The summed E-state index contributed by atoms with van der Waals surface area (Å²) in [5.74, 6) is -0.291. The number of aryl methyl sites for hydroxylation is 1. The topological polar surface area (TPSA) is 46.4 Å². The lowest BCUT2D eigenvalue weighted by Gasteiger charge is -2.12. The molecule has 38 heavy (non-hydrogen) atoms. The molecule has 1 N–H and O–H groups in total. The van der Waals surface area contributed by atoms with Gasteiger partial charge in [-0.25, -0.2) is 9.38 Å². The van der Waals surface area contributed by atoms with Gasteiger partial charge in [0.2, 0.25) is 0 Å². The summed E-state index contributed by atoms with van der Waals surface area (Å²) < 4.78 is 15.6. The Labute approximate surface area is 225 Å². The first-order valence-corrected chi connectivity index (χ1v) is 13.8. The molecule has 1 aliphatic carbocycles. The molecule has 0 fully saturated rings. The van der Waals surface area contributed by atoms with E-state index < -0.39 is 0 Å². The SMILES string of the molecule is O=C(NCc1ccccc1)c1c(N=Cc2cn(Cc3ccc(F)cc3)c3ccccc23)sc2c1CCCC2. The van der Waals surface area contributed by atoms with Gasteiger partial charge in [0.1, 0.15) is 10.8 Å². The van der Waals surface area contributed by atoms with Crippen molar-refractivity contribution >= 4 is 39.4 Å². The normalized spacial score (nSPS) is 13.2. The largest absolute Gasteiger partial charge is 0.348 e. The van der Waals surface area contributed by atoms with Crippen LogP contribution in [0.3, 0.4) is 0 Å². The average molecular weight is 522 g/mol. The standard InChI is InChI=1S/C32H28FN3OS/c33-25-16-14-23(15-17-25)20-36-21-24(26-10-4-6-12-28(26)36)19-35-32-30(27-11-5-7-13-29(27)38-32)31(37)34-18-22-8-2-1-3-9-22/h1-4,6,8-10,12,14-17,19,21H,5,7,11,13,18,20H2,(H,34,37). The number of aromatic nitrogens is 1. The smallest absolute Gasteiger partial charge is 0.254 e. The number of hydrogen-bond donors (Lipinski definition) is 1. The summed E-state index contributed by atoms with van der Waals surface area (Å²) in [6, 6.07) is 24.8. The van der Waals surface area contributed by atoms with Crippen molar-refractivity contribution in [2.45, 2.75) is 38.8 Å². The average Bonchev–Trinajstić information content (AvgIpc) is 3.50. The lowest BCUT2D eigenvalue weighted by molar-refractivity contribution is 0.0951. The summed E-state index contributed by atoms with van der Waals surface area (Å²) in [5, 5.41) is 4.99. The van der Waals surface area contributed by atoms with Gasteiger partial charge in [-0.1, -0.05) is 60.7 Å². The number of hydrogen-bond acceptors (Lipinski definition) is 3. The Morgan fingerprint density at radius 1 is 0.947 bits per heavy atom. The Hall–Kier alpha value is -4.03. The number of fused-ring (bicyclic) bond motifs is 2. The Kier molecular flexibility index (Phi) is 6.88. The number of benzene rings is 3. The molecule has 2 aromatic heterocycles. The summed E-state index contributed by atoms with van der Waals surface area (Å²) in [7, 11) is 0. The van der Waals surface area contributed by atoms with E-state index in [1.165, 1.54) is 17.0 Å². The number of para-hydroxylation sites is 1. The summed E-state index contributed by atoms with van der Waals surface area (Å²) in [5.41, 5.74) is 6.07. The molecule has 0 unspecified atom stereocenters. The van der Waals surface area contributed by atoms with Crippen molar-refractivity contribution in [1.29, 1.82) is 0 Å². The monoisotopic (exact) mass is 521 g/mol. The maximum atomic E-state index is 13.4. The van der Waals surface area contributed by atoms with E-state index in [1.807, 2.05) is 60.8 Å². The third-order valence-electron chi connectivity index (χ3n) is 7.08. The van der Waals surface area contributed by atoms with Gasteiger partial charge in [-0.15, -0.1) is 11.3 Å². The van der Waals surface area contributed by atoms with Crippen LogP contribution < -0.4 is 5.32 Å². The van der Waals surface area contributed by atoms with E-state index in [-0.39, 0.29) is 11.7 Å². The minimum Gasteiger partial charge on any atom is -0.348 e. The second kappa shape index (κ2) is 10.8. The van der Waals surface area contributed by atoms with Gasteiger partial charge in [0.15, 0.2) is 0 Å². The molecule has 1 amide bonds. The van der Waals surface area contributed by atoms with E-state index in [0.717, 1.165) is 69.4 Å². The second-order valence-electron chi connectivity index (χ2n) is 9.67. The van der Waals surface area contributed by atoms with Crippen LogP contribution in [0.2, 0.25) is 0 Å². The minimum atomic E-state index is -0.235. The van der Waals surface area contributed by atoms with Crippen molar-refractivity contribution in [2.24, 2.45) is 4.99 Å². The van der Waals surface area contributed by atoms with Gasteiger partial charge >= 0.3 is 0 Å². The number of carbonyl (C=O) groups is 1. The fraction of sp³-hybridized carbons (Fsp3) is 0.188. The summed E-state index contributed by atoms with van der Waals surface area (Å²) in [4.78, 5) is 19.6. The Bertz CT molecular complexity index is 1620. The van der Waals surface area contributed by atoms with Gasteiger partial charge in [-0.3, -0.25) is 4.79 Å². The molecule has 0 bridgehead atoms. The summed E-state index contributed by atoms with van der Waals surface area (Å²) in [6.45, 7) is 1.12. The van der Waals surface area contributed by atoms with Gasteiger partial charge in [-0.2, -0.15) is 0 Å². The highest BCUT2D eigenvalue weighted by Gasteiger charge is 2.25. The van der Waals surface area contributed by atoms with E-state index in [4.69, 9.17) is 4.99 Å². The summed E-state index contributed by atoms with van der Waals surface area (Å²) >= 11 is 1.65. The lowest BCUT2D eigenvalue weighted by Crippen LogP contribution is -2.24. The van der Waals surface area contributed by atoms with Crippen LogP contribution >= 0.6 is 11.3 Å². The predicted molar refractivity (Wildman–Crippen MR) is 153 cm³/mol. The quantitative estimate of drug-likeness (QED) is 0.222. The first kappa shape index (κ1) is 24.3. The zero-order valence-electron chi connectivity index (χ0n) is 21.0. The number of halogens is 1. The van der Waals surface area contributed by atoms with Crippen LogP contribution in [-0.2, 0) is 25.9 Å². The first-order chi connectivity index (χ1) is 18.7. The van der Waals surface area contributed by atoms with Crippen LogP contribution in [-0.4, -0.2) is 16.7 Å². The Morgan fingerprint density at radius 3 is 2.55 bits per heavy atom. The highest BCUT2D eigenvalue weighted by molar-refractivity contribution is 7.16. The third kappa shape index (κ3) is 5.04. The van der Waals surface area contributed by atoms with E-state index in [2.05, 4.69) is 28.2 Å². The molecule has 6 heteroatoms. The molecular formula is C32H28FN3OS. The molecule has 0 aliphatic heterocycles.